The van der Waals surface area contributed by atoms with Crippen molar-refractivity contribution in [2.75, 3.05) is 0 Å². The Balaban J connectivity index is 1.93. The van der Waals surface area contributed by atoms with Gasteiger partial charge >= 0.3 is 0 Å². The monoisotopic (exact) mass is 363 g/mol. The van der Waals surface area contributed by atoms with Crippen LogP contribution in [0.15, 0.2) is 109 Å². The van der Waals surface area contributed by atoms with Crippen molar-refractivity contribution >= 4 is 43.1 Å². The van der Waals surface area contributed by atoms with Crippen molar-refractivity contribution in [1.82, 2.24) is 0 Å². The zero-order chi connectivity index (χ0) is 26.3. The number of hydrogen-bond acceptors (Lipinski definition) is 0. The summed E-state index contributed by atoms with van der Waals surface area (Å²) in [6.07, 6.45) is 0. The maximum absolute atomic E-state index is 8.84. The van der Waals surface area contributed by atoms with E-state index in [2.05, 4.69) is 0 Å². The molecule has 0 aliphatic carbocycles. The molecule has 0 fully saturated rings. The van der Waals surface area contributed by atoms with Crippen LogP contribution < -0.4 is 0 Å². The summed E-state index contributed by atoms with van der Waals surface area (Å²) in [5, 5.41) is 3.84. The van der Waals surface area contributed by atoms with Crippen LogP contribution in [-0.4, -0.2) is 0 Å². The first-order valence-electron chi connectivity index (χ1n) is 13.5. The third kappa shape index (κ3) is 2.25. The van der Waals surface area contributed by atoms with Crippen molar-refractivity contribution in [3.63, 3.8) is 0 Å². The molecule has 130 valence electrons. The molecular weight excluding hydrogens is 336 g/mol. The van der Waals surface area contributed by atoms with E-state index in [0.717, 1.165) is 21.5 Å². The van der Waals surface area contributed by atoms with Crippen LogP contribution in [0.2, 0.25) is 0 Å². The molecule has 6 rings (SSSR count). The van der Waals surface area contributed by atoms with Crippen molar-refractivity contribution in [3.8, 4) is 11.1 Å². The largest absolute Gasteiger partial charge is 0.0636 e. The molecular formula is C28H18. The summed E-state index contributed by atoms with van der Waals surface area (Å²) in [6, 6.07) is 13.6. The minimum Gasteiger partial charge on any atom is -0.0616 e. The molecule has 0 nitrogen and oxygen atoms in total. The van der Waals surface area contributed by atoms with Gasteiger partial charge in [-0.15, -0.1) is 0 Å². The van der Waals surface area contributed by atoms with Crippen molar-refractivity contribution in [2.24, 2.45) is 0 Å². The van der Waals surface area contributed by atoms with Gasteiger partial charge in [0.25, 0.3) is 0 Å². The fourth-order valence-corrected chi connectivity index (χ4v) is 3.88. The molecule has 0 radical (unpaired) electrons. The lowest BCUT2D eigenvalue weighted by molar-refractivity contribution is 1.71. The quantitative estimate of drug-likeness (QED) is 0.205. The van der Waals surface area contributed by atoms with Crippen LogP contribution in [0.1, 0.15) is 12.3 Å². The number of rotatable bonds is 1. The number of benzene rings is 6. The van der Waals surface area contributed by atoms with Gasteiger partial charge in [-0.05, 0) is 66.3 Å². The first kappa shape index (κ1) is 9.03. The standard InChI is InChI=1S/C28H18/c1-4-10-24-19(7-1)13-14-20-15-16-23(18-27(20)24)28-25-11-5-2-8-21(25)17-22-9-3-6-12-26(22)28/h1-18H/i2D,3D,5D,6D,8D,9D,11D,12D,17D. The van der Waals surface area contributed by atoms with E-state index in [9.17, 15) is 0 Å². The lowest BCUT2D eigenvalue weighted by Gasteiger charge is -2.13. The molecule has 0 bridgehead atoms. The molecule has 0 aromatic heterocycles. The van der Waals surface area contributed by atoms with E-state index in [-0.39, 0.29) is 45.2 Å². The highest BCUT2D eigenvalue weighted by atomic mass is 14.1. The maximum atomic E-state index is 8.84. The van der Waals surface area contributed by atoms with Gasteiger partial charge in [-0.3, -0.25) is 0 Å². The van der Waals surface area contributed by atoms with Gasteiger partial charge in [0.05, 0.1) is 12.3 Å². The van der Waals surface area contributed by atoms with Gasteiger partial charge in [0, 0.05) is 0 Å². The minimum absolute atomic E-state index is 0.0631. The van der Waals surface area contributed by atoms with Crippen LogP contribution in [0, 0.1) is 0 Å². The zero-order valence-corrected chi connectivity index (χ0v) is 14.7. The Bertz CT molecular complexity index is 1900. The lowest BCUT2D eigenvalue weighted by Crippen LogP contribution is -1.86. The number of fused-ring (bicyclic) bond motifs is 5. The van der Waals surface area contributed by atoms with Gasteiger partial charge in [-0.25, -0.2) is 0 Å². The fourth-order valence-electron chi connectivity index (χ4n) is 3.88. The second kappa shape index (κ2) is 5.94. The smallest absolute Gasteiger partial charge is 0.0616 e. The molecule has 28 heavy (non-hydrogen) atoms. The molecule has 0 aliphatic rings. The van der Waals surface area contributed by atoms with Crippen molar-refractivity contribution in [2.45, 2.75) is 0 Å². The fraction of sp³-hybridized carbons (Fsp3) is 0. The van der Waals surface area contributed by atoms with Gasteiger partial charge in [-0.1, -0.05) is 96.9 Å². The number of hydrogen-bond donors (Lipinski definition) is 0. The van der Waals surface area contributed by atoms with E-state index in [1.54, 1.807) is 6.07 Å². The van der Waals surface area contributed by atoms with Gasteiger partial charge in [0.2, 0.25) is 0 Å². The van der Waals surface area contributed by atoms with E-state index >= 15 is 0 Å². The first-order valence-corrected chi connectivity index (χ1v) is 8.98. The third-order valence-electron chi connectivity index (χ3n) is 5.16. The molecule has 0 heterocycles. The summed E-state index contributed by atoms with van der Waals surface area (Å²) in [4.78, 5) is 0. The highest BCUT2D eigenvalue weighted by Gasteiger charge is 2.11. The van der Waals surface area contributed by atoms with E-state index in [1.807, 2.05) is 48.5 Å². The van der Waals surface area contributed by atoms with Gasteiger partial charge in [0.15, 0.2) is 0 Å². The van der Waals surface area contributed by atoms with Crippen LogP contribution in [0.4, 0.5) is 0 Å². The Morgan fingerprint density at radius 1 is 0.500 bits per heavy atom. The Morgan fingerprint density at radius 2 is 1.11 bits per heavy atom. The minimum atomic E-state index is -0.498. The first-order chi connectivity index (χ1) is 17.6. The molecule has 6 aromatic carbocycles. The van der Waals surface area contributed by atoms with Crippen LogP contribution in [0.3, 0.4) is 0 Å². The second-order valence-electron chi connectivity index (χ2n) is 6.72. The van der Waals surface area contributed by atoms with Crippen LogP contribution in [0.25, 0.3) is 54.2 Å². The SMILES string of the molecule is [2H]c1c([2H])c([2H])c2c(-c3ccc4ccc5ccccc5c4c3)c3c([2H])c([2H])c([2H])c([2H])c3c([2H])c2c1[2H]. The summed E-state index contributed by atoms with van der Waals surface area (Å²) < 4.78 is 76.4. The van der Waals surface area contributed by atoms with E-state index < -0.39 is 36.3 Å². The van der Waals surface area contributed by atoms with E-state index in [4.69, 9.17) is 12.3 Å². The average Bonchev–Trinajstić information content (AvgIpc) is 2.91. The normalized spacial score (nSPS) is 16.1. The molecule has 0 unspecified atom stereocenters. The van der Waals surface area contributed by atoms with Gasteiger partial charge in [0.1, 0.15) is 0 Å². The Morgan fingerprint density at radius 3 is 1.86 bits per heavy atom. The van der Waals surface area contributed by atoms with Crippen LogP contribution >= 0.6 is 0 Å². The Kier molecular flexibility index (Phi) is 1.91. The van der Waals surface area contributed by atoms with Crippen molar-refractivity contribution in [3.05, 3.63) is 109 Å². The predicted octanol–water partition coefficient (Wildman–Crippen LogP) is 7.97. The molecule has 0 saturated carbocycles. The molecule has 0 saturated heterocycles. The molecule has 0 aliphatic heterocycles. The summed E-state index contributed by atoms with van der Waals surface area (Å²) >= 11 is 0. The lowest BCUT2D eigenvalue weighted by atomic mass is 9.90. The maximum Gasteiger partial charge on any atom is 0.0636 e. The van der Waals surface area contributed by atoms with Crippen molar-refractivity contribution in [1.29, 1.82) is 0 Å². The average molecular weight is 364 g/mol. The van der Waals surface area contributed by atoms with Gasteiger partial charge < -0.3 is 0 Å². The summed E-state index contributed by atoms with van der Waals surface area (Å²) in [7, 11) is 0. The third-order valence-corrected chi connectivity index (χ3v) is 5.16. The molecule has 0 atom stereocenters. The molecule has 0 N–H and O–H groups in total. The van der Waals surface area contributed by atoms with Gasteiger partial charge in [-0.2, -0.15) is 0 Å². The highest BCUT2D eigenvalue weighted by molar-refractivity contribution is 6.15. The molecule has 0 amide bonds. The summed E-state index contributed by atoms with van der Waals surface area (Å²) in [5.74, 6) is 0. The summed E-state index contributed by atoms with van der Waals surface area (Å²) in [5.41, 5.74) is 0.795. The highest BCUT2D eigenvalue weighted by Crippen LogP contribution is 2.38. The van der Waals surface area contributed by atoms with E-state index in [0.29, 0.717) is 5.56 Å². The topological polar surface area (TPSA) is 0 Å². The molecule has 0 spiro atoms. The summed E-state index contributed by atoms with van der Waals surface area (Å²) in [6.45, 7) is 0. The van der Waals surface area contributed by atoms with E-state index in [1.165, 1.54) is 0 Å². The Labute approximate surface area is 176 Å². The van der Waals surface area contributed by atoms with Crippen molar-refractivity contribution < 1.29 is 12.3 Å². The van der Waals surface area contributed by atoms with Crippen LogP contribution in [0.5, 0.6) is 0 Å². The zero-order valence-electron chi connectivity index (χ0n) is 23.7. The Hall–Kier alpha value is -3.64. The predicted molar refractivity (Wildman–Crippen MR) is 122 cm³/mol. The molecule has 0 heteroatoms. The second-order valence-corrected chi connectivity index (χ2v) is 6.72. The van der Waals surface area contributed by atoms with Crippen LogP contribution in [-0.2, 0) is 0 Å². The molecule has 6 aromatic rings.